The highest BCUT2D eigenvalue weighted by Gasteiger charge is 2.30. The van der Waals surface area contributed by atoms with Crippen LogP contribution in [-0.4, -0.2) is 6.10 Å². The van der Waals surface area contributed by atoms with E-state index in [4.69, 9.17) is 10.5 Å². The second-order valence-electron chi connectivity index (χ2n) is 3.59. The van der Waals surface area contributed by atoms with Gasteiger partial charge >= 0.3 is 6.18 Å². The molecule has 2 N–H and O–H groups in total. The van der Waals surface area contributed by atoms with E-state index in [1.807, 2.05) is 13.8 Å². The van der Waals surface area contributed by atoms with Crippen LogP contribution < -0.4 is 10.5 Å². The third-order valence-corrected chi connectivity index (χ3v) is 2.24. The molecule has 1 aromatic carbocycles. The van der Waals surface area contributed by atoms with Gasteiger partial charge in [-0.2, -0.15) is 13.2 Å². The maximum Gasteiger partial charge on any atom is 0.416 e. The van der Waals surface area contributed by atoms with E-state index in [2.05, 4.69) is 0 Å². The molecule has 1 rings (SSSR count). The molecule has 0 amide bonds. The summed E-state index contributed by atoms with van der Waals surface area (Å²) >= 11 is 0. The van der Waals surface area contributed by atoms with Crippen LogP contribution in [0.4, 0.5) is 18.9 Å². The van der Waals surface area contributed by atoms with Crippen LogP contribution in [0.3, 0.4) is 0 Å². The van der Waals surface area contributed by atoms with E-state index in [0.717, 1.165) is 18.6 Å². The summed E-state index contributed by atoms with van der Waals surface area (Å²) in [4.78, 5) is 0. The van der Waals surface area contributed by atoms with Gasteiger partial charge in [0.1, 0.15) is 5.75 Å². The minimum absolute atomic E-state index is 0.00938. The number of rotatable bonds is 3. The van der Waals surface area contributed by atoms with Crippen LogP contribution in [0.25, 0.3) is 0 Å². The van der Waals surface area contributed by atoms with Crippen molar-refractivity contribution in [1.82, 2.24) is 0 Å². The fraction of sp³-hybridized carbons (Fsp3) is 0.455. The highest BCUT2D eigenvalue weighted by atomic mass is 19.4. The number of ether oxygens (including phenoxy) is 1. The summed E-state index contributed by atoms with van der Waals surface area (Å²) in [5.74, 6) is 0.294. The van der Waals surface area contributed by atoms with Gasteiger partial charge in [0.25, 0.3) is 0 Å². The van der Waals surface area contributed by atoms with Gasteiger partial charge < -0.3 is 10.5 Å². The molecule has 0 unspecified atom stereocenters. The lowest BCUT2D eigenvalue weighted by Gasteiger charge is -2.15. The monoisotopic (exact) mass is 233 g/mol. The zero-order valence-electron chi connectivity index (χ0n) is 9.14. The minimum Gasteiger partial charge on any atom is -0.489 e. The molecule has 0 heterocycles. The van der Waals surface area contributed by atoms with E-state index in [0.29, 0.717) is 5.75 Å². The number of nitrogens with two attached hydrogens (primary N) is 1. The van der Waals surface area contributed by atoms with Gasteiger partial charge in [0, 0.05) is 0 Å². The predicted molar refractivity (Wildman–Crippen MR) is 56.2 cm³/mol. The Morgan fingerprint density at radius 2 is 2.00 bits per heavy atom. The second-order valence-corrected chi connectivity index (χ2v) is 3.59. The van der Waals surface area contributed by atoms with E-state index >= 15 is 0 Å². The first-order valence-electron chi connectivity index (χ1n) is 4.98. The molecule has 16 heavy (non-hydrogen) atoms. The maximum atomic E-state index is 12.3. The molecule has 0 saturated heterocycles. The van der Waals surface area contributed by atoms with Crippen molar-refractivity contribution in [2.45, 2.75) is 32.5 Å². The van der Waals surface area contributed by atoms with Crippen LogP contribution in [-0.2, 0) is 6.18 Å². The maximum absolute atomic E-state index is 12.3. The Hall–Kier alpha value is -1.39. The lowest BCUT2D eigenvalue weighted by molar-refractivity contribution is -0.137. The van der Waals surface area contributed by atoms with Gasteiger partial charge in [0.05, 0.1) is 17.4 Å². The summed E-state index contributed by atoms with van der Waals surface area (Å²) in [7, 11) is 0. The van der Waals surface area contributed by atoms with E-state index in [1.54, 1.807) is 0 Å². The van der Waals surface area contributed by atoms with Crippen LogP contribution in [0.5, 0.6) is 5.75 Å². The van der Waals surface area contributed by atoms with Gasteiger partial charge in [-0.1, -0.05) is 6.92 Å². The van der Waals surface area contributed by atoms with Gasteiger partial charge in [-0.05, 0) is 31.5 Å². The molecule has 0 bridgehead atoms. The molecular weight excluding hydrogens is 219 g/mol. The fourth-order valence-corrected chi connectivity index (χ4v) is 1.13. The molecule has 0 aliphatic carbocycles. The van der Waals surface area contributed by atoms with Crippen molar-refractivity contribution in [2.75, 3.05) is 5.73 Å². The average Bonchev–Trinajstić information content (AvgIpc) is 2.19. The summed E-state index contributed by atoms with van der Waals surface area (Å²) in [5, 5.41) is 0. The summed E-state index contributed by atoms with van der Waals surface area (Å²) in [5.41, 5.74) is 4.74. The summed E-state index contributed by atoms with van der Waals surface area (Å²) in [6, 6.07) is 3.11. The lowest BCUT2D eigenvalue weighted by atomic mass is 10.2. The zero-order valence-corrected chi connectivity index (χ0v) is 9.14. The zero-order chi connectivity index (χ0) is 12.3. The standard InChI is InChI=1S/C11H14F3NO/c1-3-7(2)16-10-5-4-8(6-9(10)15)11(12,13)14/h4-7H,3,15H2,1-2H3/t7-/m0/s1. The first-order valence-corrected chi connectivity index (χ1v) is 4.98. The minimum atomic E-state index is -4.37. The molecule has 0 radical (unpaired) electrons. The van der Waals surface area contributed by atoms with Gasteiger partial charge in [-0.3, -0.25) is 0 Å². The summed E-state index contributed by atoms with van der Waals surface area (Å²) in [6.45, 7) is 3.75. The van der Waals surface area contributed by atoms with Crippen LogP contribution in [0.2, 0.25) is 0 Å². The number of hydrogen-bond acceptors (Lipinski definition) is 2. The third kappa shape index (κ3) is 3.05. The predicted octanol–water partition coefficient (Wildman–Crippen LogP) is 3.46. The highest BCUT2D eigenvalue weighted by molar-refractivity contribution is 5.54. The van der Waals surface area contributed by atoms with Gasteiger partial charge in [-0.25, -0.2) is 0 Å². The first-order chi connectivity index (χ1) is 7.34. The van der Waals surface area contributed by atoms with E-state index in [9.17, 15) is 13.2 Å². The van der Waals surface area contributed by atoms with Crippen LogP contribution in [0.15, 0.2) is 18.2 Å². The third-order valence-electron chi connectivity index (χ3n) is 2.24. The van der Waals surface area contributed by atoms with Crippen molar-refractivity contribution in [1.29, 1.82) is 0 Å². The number of alkyl halides is 3. The SMILES string of the molecule is CC[C@H](C)Oc1ccc(C(F)(F)F)cc1N. The average molecular weight is 233 g/mol. The number of benzene rings is 1. The molecule has 0 aliphatic heterocycles. The largest absolute Gasteiger partial charge is 0.489 e. The van der Waals surface area contributed by atoms with E-state index in [1.165, 1.54) is 6.07 Å². The van der Waals surface area contributed by atoms with Gasteiger partial charge in [-0.15, -0.1) is 0 Å². The van der Waals surface area contributed by atoms with Crippen molar-refractivity contribution >= 4 is 5.69 Å². The quantitative estimate of drug-likeness (QED) is 0.811. The second kappa shape index (κ2) is 4.63. The van der Waals surface area contributed by atoms with Crippen molar-refractivity contribution in [3.8, 4) is 5.75 Å². The Morgan fingerprint density at radius 1 is 1.38 bits per heavy atom. The van der Waals surface area contributed by atoms with Crippen molar-refractivity contribution in [3.05, 3.63) is 23.8 Å². The number of nitrogen functional groups attached to an aromatic ring is 1. The Balaban J connectivity index is 2.92. The Kier molecular flexibility index (Phi) is 3.67. The molecule has 2 nitrogen and oxygen atoms in total. The van der Waals surface area contributed by atoms with Crippen molar-refractivity contribution < 1.29 is 17.9 Å². The molecule has 0 aromatic heterocycles. The van der Waals surface area contributed by atoms with Gasteiger partial charge in [0.15, 0.2) is 0 Å². The first kappa shape index (κ1) is 12.7. The molecule has 1 aromatic rings. The van der Waals surface area contributed by atoms with Gasteiger partial charge in [0.2, 0.25) is 0 Å². The van der Waals surface area contributed by atoms with E-state index < -0.39 is 11.7 Å². The Morgan fingerprint density at radius 3 is 2.44 bits per heavy atom. The normalized spacial score (nSPS) is 13.6. The van der Waals surface area contributed by atoms with Crippen molar-refractivity contribution in [2.24, 2.45) is 0 Å². The number of anilines is 1. The molecule has 0 saturated carbocycles. The van der Waals surface area contributed by atoms with Crippen LogP contribution >= 0.6 is 0 Å². The molecule has 90 valence electrons. The Labute approximate surface area is 92.2 Å². The van der Waals surface area contributed by atoms with E-state index in [-0.39, 0.29) is 11.8 Å². The smallest absolute Gasteiger partial charge is 0.416 e. The Bertz CT molecular complexity index is 363. The fourth-order valence-electron chi connectivity index (χ4n) is 1.13. The summed E-state index contributed by atoms with van der Waals surface area (Å²) < 4.78 is 42.4. The van der Waals surface area contributed by atoms with Crippen molar-refractivity contribution in [3.63, 3.8) is 0 Å². The van der Waals surface area contributed by atoms with Crippen LogP contribution in [0, 0.1) is 0 Å². The van der Waals surface area contributed by atoms with Crippen LogP contribution in [0.1, 0.15) is 25.8 Å². The molecule has 0 spiro atoms. The highest BCUT2D eigenvalue weighted by Crippen LogP contribution is 2.33. The summed E-state index contributed by atoms with van der Waals surface area (Å²) in [6.07, 6.45) is -3.68. The number of hydrogen-bond donors (Lipinski definition) is 1. The molecule has 0 fully saturated rings. The topological polar surface area (TPSA) is 35.2 Å². The molecule has 1 atom stereocenters. The molecule has 5 heteroatoms. The molecule has 0 aliphatic rings. The number of halogens is 3. The lowest BCUT2D eigenvalue weighted by Crippen LogP contribution is -2.12. The molecular formula is C11H14F3NO.